The third-order valence-corrected chi connectivity index (χ3v) is 4.04. The Balaban J connectivity index is 1.78. The Morgan fingerprint density at radius 1 is 1.26 bits per heavy atom. The molecule has 0 aromatic heterocycles. The monoisotopic (exact) mass is 282 g/mol. The van der Waals surface area contributed by atoms with E-state index < -0.39 is 9.84 Å². The largest absolute Gasteiger partial charge is 0.352 e. The summed E-state index contributed by atoms with van der Waals surface area (Å²) in [5.41, 5.74) is 0.951. The highest BCUT2D eigenvalue weighted by Crippen LogP contribution is 2.18. The predicted molar refractivity (Wildman–Crippen MR) is 72.4 cm³/mol. The van der Waals surface area contributed by atoms with Crippen LogP contribution in [0.4, 0.5) is 0 Å². The van der Waals surface area contributed by atoms with Crippen LogP contribution in [0.25, 0.3) is 0 Å². The summed E-state index contributed by atoms with van der Waals surface area (Å²) >= 11 is 0. The van der Waals surface area contributed by atoms with Crippen molar-refractivity contribution in [3.63, 3.8) is 0 Å². The highest BCUT2D eigenvalue weighted by atomic mass is 32.2. The summed E-state index contributed by atoms with van der Waals surface area (Å²) in [6.07, 6.45) is 3.35. The number of rotatable bonds is 6. The molecule has 1 aliphatic rings. The summed E-state index contributed by atoms with van der Waals surface area (Å²) < 4.78 is 22.6. The van der Waals surface area contributed by atoms with Crippen molar-refractivity contribution in [3.05, 3.63) is 29.8 Å². The number of carbonyl (C=O) groups excluding carboxylic acids is 1. The number of hydrogen-bond donors (Lipinski definition) is 2. The molecule has 1 aromatic rings. The summed E-state index contributed by atoms with van der Waals surface area (Å²) in [6, 6.07) is 7.04. The van der Waals surface area contributed by atoms with Crippen LogP contribution < -0.4 is 10.6 Å². The molecule has 1 aromatic carbocycles. The van der Waals surface area contributed by atoms with Crippen LogP contribution in [0.1, 0.15) is 18.4 Å². The van der Waals surface area contributed by atoms with Crippen LogP contribution in [0.15, 0.2) is 29.2 Å². The Labute approximate surface area is 113 Å². The van der Waals surface area contributed by atoms with Gasteiger partial charge in [-0.1, -0.05) is 12.1 Å². The third kappa shape index (κ3) is 4.65. The van der Waals surface area contributed by atoms with E-state index in [1.54, 1.807) is 24.3 Å². The smallest absolute Gasteiger partial charge is 0.234 e. The van der Waals surface area contributed by atoms with Crippen LogP contribution in [0.2, 0.25) is 0 Å². The quantitative estimate of drug-likeness (QED) is 0.795. The fraction of sp³-hybridized carbons (Fsp3) is 0.462. The molecule has 0 heterocycles. The lowest BCUT2D eigenvalue weighted by Gasteiger charge is -2.06. The molecule has 2 N–H and O–H groups in total. The average Bonchev–Trinajstić information content (AvgIpc) is 3.12. The number of amides is 1. The van der Waals surface area contributed by atoms with E-state index in [1.807, 2.05) is 0 Å². The molecule has 0 bridgehead atoms. The van der Waals surface area contributed by atoms with Crippen LogP contribution in [0, 0.1) is 0 Å². The normalized spacial score (nSPS) is 15.2. The summed E-state index contributed by atoms with van der Waals surface area (Å²) in [5.74, 6) is 0.00950. The molecule has 1 saturated carbocycles. The van der Waals surface area contributed by atoms with Gasteiger partial charge in [-0.3, -0.25) is 4.79 Å². The molecule has 0 unspecified atom stereocenters. The number of nitrogens with one attached hydrogen (secondary N) is 2. The Kier molecular flexibility index (Phi) is 4.21. The van der Waals surface area contributed by atoms with Crippen molar-refractivity contribution in [1.29, 1.82) is 0 Å². The standard InChI is InChI=1S/C13H18N2O3S/c1-19(17,18)12-6-2-10(3-7-12)8-14-9-13(16)15-11-4-5-11/h2-3,6-7,11,14H,4-5,8-9H2,1H3,(H,15,16). The molecule has 19 heavy (non-hydrogen) atoms. The highest BCUT2D eigenvalue weighted by Gasteiger charge is 2.22. The molecule has 0 radical (unpaired) electrons. The van der Waals surface area contributed by atoms with Gasteiger partial charge in [0.1, 0.15) is 0 Å². The van der Waals surface area contributed by atoms with Crippen molar-refractivity contribution >= 4 is 15.7 Å². The molecule has 6 heteroatoms. The SMILES string of the molecule is CS(=O)(=O)c1ccc(CNCC(=O)NC2CC2)cc1. The average molecular weight is 282 g/mol. The molecular formula is C13H18N2O3S. The van der Waals surface area contributed by atoms with Gasteiger partial charge < -0.3 is 10.6 Å². The maximum atomic E-state index is 11.4. The van der Waals surface area contributed by atoms with E-state index in [2.05, 4.69) is 10.6 Å². The zero-order valence-electron chi connectivity index (χ0n) is 10.8. The number of hydrogen-bond acceptors (Lipinski definition) is 4. The lowest BCUT2D eigenvalue weighted by molar-refractivity contribution is -0.120. The van der Waals surface area contributed by atoms with Gasteiger partial charge in [0, 0.05) is 18.8 Å². The Hall–Kier alpha value is -1.40. The Morgan fingerprint density at radius 2 is 1.89 bits per heavy atom. The minimum atomic E-state index is -3.14. The zero-order chi connectivity index (χ0) is 13.9. The molecule has 5 nitrogen and oxygen atoms in total. The Bertz CT molecular complexity index is 548. The molecule has 1 amide bonds. The van der Waals surface area contributed by atoms with Gasteiger partial charge in [0.2, 0.25) is 5.91 Å². The first kappa shape index (κ1) is 14.0. The van der Waals surface area contributed by atoms with E-state index in [-0.39, 0.29) is 12.5 Å². The lowest BCUT2D eigenvalue weighted by atomic mass is 10.2. The van der Waals surface area contributed by atoms with Crippen molar-refractivity contribution in [2.45, 2.75) is 30.3 Å². The van der Waals surface area contributed by atoms with Gasteiger partial charge in [0.25, 0.3) is 0 Å². The number of sulfone groups is 1. The highest BCUT2D eigenvalue weighted by molar-refractivity contribution is 7.90. The van der Waals surface area contributed by atoms with Crippen molar-refractivity contribution < 1.29 is 13.2 Å². The fourth-order valence-corrected chi connectivity index (χ4v) is 2.31. The first-order valence-electron chi connectivity index (χ1n) is 6.24. The summed E-state index contributed by atoms with van der Waals surface area (Å²) in [5, 5.41) is 5.92. The van der Waals surface area contributed by atoms with E-state index >= 15 is 0 Å². The van der Waals surface area contributed by atoms with Crippen molar-refractivity contribution in [2.24, 2.45) is 0 Å². The second kappa shape index (κ2) is 5.71. The van der Waals surface area contributed by atoms with Crippen LogP contribution in [0.3, 0.4) is 0 Å². The molecule has 0 saturated heterocycles. The first-order valence-corrected chi connectivity index (χ1v) is 8.13. The minimum Gasteiger partial charge on any atom is -0.352 e. The Morgan fingerprint density at radius 3 is 2.42 bits per heavy atom. The topological polar surface area (TPSA) is 75.3 Å². The van der Waals surface area contributed by atoms with Crippen LogP contribution in [-0.4, -0.2) is 33.2 Å². The molecule has 104 valence electrons. The first-order chi connectivity index (χ1) is 8.95. The zero-order valence-corrected chi connectivity index (χ0v) is 11.7. The third-order valence-electron chi connectivity index (χ3n) is 2.91. The maximum Gasteiger partial charge on any atom is 0.234 e. The summed E-state index contributed by atoms with van der Waals surface area (Å²) in [6.45, 7) is 0.826. The molecule has 0 spiro atoms. The van der Waals surface area contributed by atoms with Gasteiger partial charge in [-0.25, -0.2) is 8.42 Å². The van der Waals surface area contributed by atoms with Crippen molar-refractivity contribution in [2.75, 3.05) is 12.8 Å². The predicted octanol–water partition coefficient (Wildman–Crippen LogP) is 0.458. The molecular weight excluding hydrogens is 264 g/mol. The van der Waals surface area contributed by atoms with E-state index in [1.165, 1.54) is 6.26 Å². The number of carbonyl (C=O) groups is 1. The van der Waals surface area contributed by atoms with E-state index in [4.69, 9.17) is 0 Å². The van der Waals surface area contributed by atoms with E-state index in [0.29, 0.717) is 17.5 Å². The van der Waals surface area contributed by atoms with Gasteiger partial charge in [-0.2, -0.15) is 0 Å². The molecule has 2 rings (SSSR count). The molecule has 0 atom stereocenters. The van der Waals surface area contributed by atoms with Crippen LogP contribution in [0.5, 0.6) is 0 Å². The maximum absolute atomic E-state index is 11.4. The second-order valence-electron chi connectivity index (χ2n) is 4.86. The van der Waals surface area contributed by atoms with Crippen molar-refractivity contribution in [1.82, 2.24) is 10.6 Å². The van der Waals surface area contributed by atoms with Crippen LogP contribution in [-0.2, 0) is 21.2 Å². The summed E-state index contributed by atoms with van der Waals surface area (Å²) in [4.78, 5) is 11.7. The van der Waals surface area contributed by atoms with E-state index in [9.17, 15) is 13.2 Å². The van der Waals surface area contributed by atoms with Gasteiger partial charge in [-0.05, 0) is 30.5 Å². The van der Waals surface area contributed by atoms with E-state index in [0.717, 1.165) is 18.4 Å². The second-order valence-corrected chi connectivity index (χ2v) is 6.88. The molecule has 1 fully saturated rings. The van der Waals surface area contributed by atoms with Crippen LogP contribution >= 0.6 is 0 Å². The van der Waals surface area contributed by atoms with Gasteiger partial charge in [0.15, 0.2) is 9.84 Å². The lowest BCUT2D eigenvalue weighted by Crippen LogP contribution is -2.34. The van der Waals surface area contributed by atoms with Gasteiger partial charge in [0.05, 0.1) is 11.4 Å². The summed E-state index contributed by atoms with van der Waals surface area (Å²) in [7, 11) is -3.14. The number of benzene rings is 1. The fourth-order valence-electron chi connectivity index (χ4n) is 1.68. The van der Waals surface area contributed by atoms with Gasteiger partial charge in [-0.15, -0.1) is 0 Å². The molecule has 1 aliphatic carbocycles. The molecule has 0 aliphatic heterocycles. The van der Waals surface area contributed by atoms with Gasteiger partial charge >= 0.3 is 0 Å². The minimum absolute atomic E-state index is 0.00950. The van der Waals surface area contributed by atoms with Crippen molar-refractivity contribution in [3.8, 4) is 0 Å².